The highest BCUT2D eigenvalue weighted by atomic mass is 16.6. The normalized spacial score (nSPS) is 14.6. The second-order valence-corrected chi connectivity index (χ2v) is 7.80. The second-order valence-electron chi connectivity index (χ2n) is 7.80. The van der Waals surface area contributed by atoms with Gasteiger partial charge >= 0.3 is 0 Å². The molecule has 4 nitrogen and oxygen atoms in total. The van der Waals surface area contributed by atoms with Gasteiger partial charge in [-0.2, -0.15) is 0 Å². The third kappa shape index (κ3) is 3.67. The first kappa shape index (κ1) is 18.8. The molecule has 3 aromatic carbocycles. The quantitative estimate of drug-likeness (QED) is 0.383. The van der Waals surface area contributed by atoms with Crippen LogP contribution < -0.4 is 5.32 Å². The number of benzene rings is 3. The summed E-state index contributed by atoms with van der Waals surface area (Å²) < 4.78 is 5.18. The van der Waals surface area contributed by atoms with Crippen LogP contribution in [-0.4, -0.2) is 17.2 Å². The van der Waals surface area contributed by atoms with Crippen LogP contribution in [0.15, 0.2) is 79.0 Å². The smallest absolute Gasteiger partial charge is 0.184 e. The predicted molar refractivity (Wildman–Crippen MR) is 121 cm³/mol. The van der Waals surface area contributed by atoms with Gasteiger partial charge in [-0.05, 0) is 64.4 Å². The summed E-state index contributed by atoms with van der Waals surface area (Å²) in [5, 5.41) is 16.1. The third-order valence-electron chi connectivity index (χ3n) is 5.70. The molecule has 0 amide bonds. The highest BCUT2D eigenvalue weighted by Gasteiger charge is 2.26. The topological polar surface area (TPSA) is 54.4 Å². The minimum Gasteiger partial charge on any atom is -0.364 e. The fraction of sp³-hybridized carbons (Fsp3) is 0.192. The Morgan fingerprint density at radius 2 is 1.83 bits per heavy atom. The molecule has 1 saturated carbocycles. The van der Waals surface area contributed by atoms with Crippen molar-refractivity contribution in [1.82, 2.24) is 4.98 Å². The molecule has 1 fully saturated rings. The monoisotopic (exact) mass is 396 g/mol. The van der Waals surface area contributed by atoms with Gasteiger partial charge in [0.15, 0.2) is 6.29 Å². The zero-order valence-corrected chi connectivity index (χ0v) is 16.9. The Morgan fingerprint density at radius 3 is 2.60 bits per heavy atom. The Kier molecular flexibility index (Phi) is 4.95. The number of hydrogen-bond acceptors (Lipinski definition) is 4. The van der Waals surface area contributed by atoms with Gasteiger partial charge in [0.25, 0.3) is 0 Å². The van der Waals surface area contributed by atoms with E-state index in [0.29, 0.717) is 17.3 Å². The molecule has 5 rings (SSSR count). The second kappa shape index (κ2) is 7.90. The zero-order valence-electron chi connectivity index (χ0n) is 16.9. The van der Waals surface area contributed by atoms with E-state index in [1.165, 1.54) is 36.5 Å². The molecule has 1 unspecified atom stereocenters. The number of fused-ring (bicyclic) bond motifs is 1. The summed E-state index contributed by atoms with van der Waals surface area (Å²) in [5.41, 5.74) is 5.16. The van der Waals surface area contributed by atoms with Crippen LogP contribution >= 0.6 is 0 Å². The summed E-state index contributed by atoms with van der Waals surface area (Å²) in [6, 6.07) is 25.1. The molecule has 2 N–H and O–H groups in total. The van der Waals surface area contributed by atoms with Crippen molar-refractivity contribution in [3.63, 3.8) is 0 Å². The molecule has 1 atom stereocenters. The maximum Gasteiger partial charge on any atom is 0.184 e. The Bertz CT molecular complexity index is 1190. The molecule has 4 heteroatoms. The van der Waals surface area contributed by atoms with Crippen molar-refractivity contribution in [3.05, 3.63) is 90.1 Å². The van der Waals surface area contributed by atoms with E-state index in [9.17, 15) is 5.11 Å². The molecular formula is C26H24N2O2. The summed E-state index contributed by atoms with van der Waals surface area (Å²) in [6.45, 7) is 0. The molecule has 0 spiro atoms. The average molecular weight is 396 g/mol. The molecule has 1 aliphatic carbocycles. The fourth-order valence-corrected chi connectivity index (χ4v) is 3.93. The number of nitrogens with zero attached hydrogens (tertiary/aromatic N) is 1. The molecule has 0 bridgehead atoms. The van der Waals surface area contributed by atoms with E-state index in [2.05, 4.69) is 64.9 Å². The first-order chi connectivity index (χ1) is 14.7. The summed E-state index contributed by atoms with van der Waals surface area (Å²) in [5.74, 6) is 1.18. The average Bonchev–Trinajstić information content (AvgIpc) is 3.64. The van der Waals surface area contributed by atoms with Crippen molar-refractivity contribution in [2.24, 2.45) is 0 Å². The van der Waals surface area contributed by atoms with E-state index in [1.807, 2.05) is 24.4 Å². The van der Waals surface area contributed by atoms with Crippen LogP contribution in [0.4, 0.5) is 11.5 Å². The number of pyridine rings is 1. The van der Waals surface area contributed by atoms with Gasteiger partial charge in [-0.15, -0.1) is 0 Å². The van der Waals surface area contributed by atoms with E-state index in [-0.39, 0.29) is 0 Å². The van der Waals surface area contributed by atoms with E-state index in [1.54, 1.807) is 0 Å². The Balaban J connectivity index is 1.50. The highest BCUT2D eigenvalue weighted by molar-refractivity contribution is 5.98. The van der Waals surface area contributed by atoms with Gasteiger partial charge in [-0.1, -0.05) is 54.6 Å². The Labute approximate surface area is 176 Å². The molecule has 30 heavy (non-hydrogen) atoms. The van der Waals surface area contributed by atoms with Gasteiger partial charge in [-0.25, -0.2) is 4.98 Å². The van der Waals surface area contributed by atoms with Gasteiger partial charge < -0.3 is 15.2 Å². The first-order valence-electron chi connectivity index (χ1n) is 10.3. The van der Waals surface area contributed by atoms with Crippen LogP contribution in [-0.2, 0) is 4.74 Å². The molecular weight excluding hydrogens is 372 g/mol. The molecule has 4 aromatic rings. The van der Waals surface area contributed by atoms with Crippen LogP contribution in [0.3, 0.4) is 0 Å². The number of aliphatic hydroxyl groups excluding tert-OH is 1. The predicted octanol–water partition coefficient (Wildman–Crippen LogP) is 6.16. The van der Waals surface area contributed by atoms with Gasteiger partial charge in [-0.3, -0.25) is 0 Å². The molecule has 150 valence electrons. The number of aliphatic hydroxyl groups is 1. The van der Waals surface area contributed by atoms with Gasteiger partial charge in [0.05, 0.1) is 5.56 Å². The van der Waals surface area contributed by atoms with Gasteiger partial charge in [0, 0.05) is 19.0 Å². The Hall–Kier alpha value is -3.21. The number of ether oxygens (including phenoxy) is 1. The number of aromatic nitrogens is 1. The lowest BCUT2D eigenvalue weighted by Crippen LogP contribution is -2.07. The molecule has 1 aliphatic rings. The molecule has 0 saturated heterocycles. The van der Waals surface area contributed by atoms with E-state index >= 15 is 0 Å². The molecule has 0 radical (unpaired) electrons. The molecule has 0 aliphatic heterocycles. The van der Waals surface area contributed by atoms with Crippen LogP contribution in [0.5, 0.6) is 0 Å². The van der Waals surface area contributed by atoms with Crippen LogP contribution in [0.2, 0.25) is 0 Å². The zero-order chi connectivity index (χ0) is 20.5. The van der Waals surface area contributed by atoms with E-state index < -0.39 is 6.29 Å². The number of rotatable bonds is 6. The number of anilines is 2. The van der Waals surface area contributed by atoms with Crippen molar-refractivity contribution >= 4 is 22.3 Å². The van der Waals surface area contributed by atoms with Crippen LogP contribution in [0, 0.1) is 0 Å². The van der Waals surface area contributed by atoms with Crippen LogP contribution in [0.1, 0.15) is 36.2 Å². The minimum absolute atomic E-state index is 0.562. The summed E-state index contributed by atoms with van der Waals surface area (Å²) in [4.78, 5) is 4.60. The summed E-state index contributed by atoms with van der Waals surface area (Å²) in [7, 11) is 1.50. The van der Waals surface area contributed by atoms with E-state index in [0.717, 1.165) is 16.6 Å². The number of nitrogens with one attached hydrogen (secondary N) is 1. The lowest BCUT2D eigenvalue weighted by atomic mass is 9.98. The lowest BCUT2D eigenvalue weighted by molar-refractivity contribution is -0.0766. The largest absolute Gasteiger partial charge is 0.364 e. The molecule has 1 heterocycles. The van der Waals surface area contributed by atoms with Crippen molar-refractivity contribution < 1.29 is 9.84 Å². The SMILES string of the molecule is COC(O)c1cc(C2CC2)cnc1Nc1ccc2c(-c3ccccc3)cccc2c1. The lowest BCUT2D eigenvalue weighted by Gasteiger charge is -2.17. The van der Waals surface area contributed by atoms with Crippen LogP contribution in [0.25, 0.3) is 21.9 Å². The van der Waals surface area contributed by atoms with Crippen molar-refractivity contribution in [3.8, 4) is 11.1 Å². The maximum absolute atomic E-state index is 10.3. The first-order valence-corrected chi connectivity index (χ1v) is 10.3. The van der Waals surface area contributed by atoms with Gasteiger partial charge in [0.2, 0.25) is 0 Å². The molecule has 1 aromatic heterocycles. The van der Waals surface area contributed by atoms with E-state index in [4.69, 9.17) is 4.74 Å². The minimum atomic E-state index is -1.01. The Morgan fingerprint density at radius 1 is 1.00 bits per heavy atom. The maximum atomic E-state index is 10.3. The summed E-state index contributed by atoms with van der Waals surface area (Å²) >= 11 is 0. The highest BCUT2D eigenvalue weighted by Crippen LogP contribution is 2.41. The van der Waals surface area contributed by atoms with Crippen molar-refractivity contribution in [1.29, 1.82) is 0 Å². The van der Waals surface area contributed by atoms with Crippen molar-refractivity contribution in [2.45, 2.75) is 25.0 Å². The fourth-order valence-electron chi connectivity index (χ4n) is 3.93. The third-order valence-corrected chi connectivity index (χ3v) is 5.70. The van der Waals surface area contributed by atoms with Gasteiger partial charge in [0.1, 0.15) is 5.82 Å². The van der Waals surface area contributed by atoms with Crippen molar-refractivity contribution in [2.75, 3.05) is 12.4 Å². The standard InChI is InChI=1S/C26H24N2O2/c1-30-26(29)24-15-20(17-10-11-17)16-27-25(24)28-21-12-13-23-19(14-21)8-5-9-22(23)18-6-3-2-4-7-18/h2-9,12-17,26,29H,10-11H2,1H3,(H,27,28). The summed E-state index contributed by atoms with van der Waals surface area (Å²) in [6.07, 6.45) is 3.26. The number of methoxy groups -OCH3 is 1. The number of hydrogen-bond donors (Lipinski definition) is 2.